The maximum absolute atomic E-state index is 12.0. The first-order chi connectivity index (χ1) is 8.79. The summed E-state index contributed by atoms with van der Waals surface area (Å²) in [6, 6.07) is 3.90. The first-order valence-corrected chi connectivity index (χ1v) is 7.36. The lowest BCUT2D eigenvalue weighted by Gasteiger charge is -2.14. The SMILES string of the molecule is CC[C@@H](C)NC(=O)c1cc(S(N)(=O)=O)ccc1OC. The Bertz CT molecular complexity index is 569. The maximum Gasteiger partial charge on any atom is 0.255 e. The van der Waals surface area contributed by atoms with Gasteiger partial charge >= 0.3 is 0 Å². The van der Waals surface area contributed by atoms with Gasteiger partial charge in [-0.3, -0.25) is 4.79 Å². The van der Waals surface area contributed by atoms with Gasteiger partial charge in [0, 0.05) is 6.04 Å². The van der Waals surface area contributed by atoms with Crippen molar-refractivity contribution in [2.75, 3.05) is 7.11 Å². The molecule has 1 rings (SSSR count). The number of methoxy groups -OCH3 is 1. The number of ether oxygens (including phenoxy) is 1. The Balaban J connectivity index is 3.20. The molecule has 0 bridgehead atoms. The van der Waals surface area contributed by atoms with E-state index in [1.807, 2.05) is 13.8 Å². The van der Waals surface area contributed by atoms with Crippen LogP contribution in [0.2, 0.25) is 0 Å². The molecule has 0 aliphatic heterocycles. The molecule has 1 aromatic carbocycles. The van der Waals surface area contributed by atoms with E-state index in [9.17, 15) is 13.2 Å². The van der Waals surface area contributed by atoms with Crippen molar-refractivity contribution in [3.05, 3.63) is 23.8 Å². The predicted octanol–water partition coefficient (Wildman–Crippen LogP) is 0.871. The van der Waals surface area contributed by atoms with Gasteiger partial charge in [0.1, 0.15) is 5.75 Å². The summed E-state index contributed by atoms with van der Waals surface area (Å²) in [7, 11) is -2.44. The van der Waals surface area contributed by atoms with Gasteiger partial charge in [-0.1, -0.05) is 6.92 Å². The fourth-order valence-corrected chi connectivity index (χ4v) is 1.98. The summed E-state index contributed by atoms with van der Waals surface area (Å²) in [5, 5.41) is 7.79. The number of nitrogens with one attached hydrogen (secondary N) is 1. The summed E-state index contributed by atoms with van der Waals surface area (Å²) in [5.41, 5.74) is 0.148. The summed E-state index contributed by atoms with van der Waals surface area (Å²) in [6.07, 6.45) is 0.767. The van der Waals surface area contributed by atoms with E-state index in [0.29, 0.717) is 5.75 Å². The number of benzene rings is 1. The molecular weight excluding hydrogens is 268 g/mol. The van der Waals surface area contributed by atoms with Crippen LogP contribution in [0.3, 0.4) is 0 Å². The number of carbonyl (C=O) groups excluding carboxylic acids is 1. The van der Waals surface area contributed by atoms with Crippen LogP contribution < -0.4 is 15.2 Å². The summed E-state index contributed by atoms with van der Waals surface area (Å²) in [5.74, 6) is -0.0927. The van der Waals surface area contributed by atoms with E-state index < -0.39 is 15.9 Å². The van der Waals surface area contributed by atoms with Gasteiger partial charge in [-0.2, -0.15) is 0 Å². The van der Waals surface area contributed by atoms with Gasteiger partial charge < -0.3 is 10.1 Å². The molecule has 106 valence electrons. The Morgan fingerprint density at radius 2 is 2.11 bits per heavy atom. The molecule has 6 nitrogen and oxygen atoms in total. The van der Waals surface area contributed by atoms with E-state index >= 15 is 0 Å². The minimum atomic E-state index is -3.85. The zero-order valence-corrected chi connectivity index (χ0v) is 12.0. The van der Waals surface area contributed by atoms with Crippen LogP contribution in [0.1, 0.15) is 30.6 Å². The van der Waals surface area contributed by atoms with Gasteiger partial charge in [0.15, 0.2) is 0 Å². The molecule has 0 heterocycles. The van der Waals surface area contributed by atoms with E-state index in [1.54, 1.807) is 0 Å². The molecule has 0 aliphatic rings. The van der Waals surface area contributed by atoms with E-state index in [1.165, 1.54) is 25.3 Å². The molecule has 0 fully saturated rings. The van der Waals surface area contributed by atoms with Crippen molar-refractivity contribution in [1.82, 2.24) is 5.32 Å². The summed E-state index contributed by atoms with van der Waals surface area (Å²) in [6.45, 7) is 3.79. The Morgan fingerprint density at radius 1 is 1.47 bits per heavy atom. The normalized spacial score (nSPS) is 12.8. The van der Waals surface area contributed by atoms with Crippen molar-refractivity contribution in [2.24, 2.45) is 5.14 Å². The summed E-state index contributed by atoms with van der Waals surface area (Å²) in [4.78, 5) is 11.9. The molecule has 1 atom stereocenters. The Morgan fingerprint density at radius 3 is 2.58 bits per heavy atom. The first kappa shape index (κ1) is 15.5. The average Bonchev–Trinajstić information content (AvgIpc) is 2.36. The van der Waals surface area contributed by atoms with Crippen molar-refractivity contribution >= 4 is 15.9 Å². The molecule has 0 saturated heterocycles. The lowest BCUT2D eigenvalue weighted by molar-refractivity contribution is 0.0936. The van der Waals surface area contributed by atoms with Crippen LogP contribution >= 0.6 is 0 Å². The standard InChI is InChI=1S/C12H18N2O4S/c1-4-8(2)14-12(15)10-7-9(19(13,16)17)5-6-11(10)18-3/h5-8H,4H2,1-3H3,(H,14,15)(H2,13,16,17)/t8-/m1/s1. The van der Waals surface area contributed by atoms with Crippen molar-refractivity contribution in [3.63, 3.8) is 0 Å². The predicted molar refractivity (Wildman–Crippen MR) is 71.6 cm³/mol. The lowest BCUT2D eigenvalue weighted by Crippen LogP contribution is -2.32. The number of primary sulfonamides is 1. The Hall–Kier alpha value is -1.60. The first-order valence-electron chi connectivity index (χ1n) is 5.81. The van der Waals surface area contributed by atoms with Crippen LogP contribution in [0.15, 0.2) is 23.1 Å². The third-order valence-electron chi connectivity index (χ3n) is 2.73. The number of rotatable bonds is 5. The van der Waals surface area contributed by atoms with Crippen molar-refractivity contribution in [1.29, 1.82) is 0 Å². The van der Waals surface area contributed by atoms with E-state index in [4.69, 9.17) is 9.88 Å². The van der Waals surface area contributed by atoms with Gasteiger partial charge in [-0.15, -0.1) is 0 Å². The molecule has 7 heteroatoms. The van der Waals surface area contributed by atoms with Crippen molar-refractivity contribution < 1.29 is 17.9 Å². The van der Waals surface area contributed by atoms with Crippen LogP contribution in [0.5, 0.6) is 5.75 Å². The summed E-state index contributed by atoms with van der Waals surface area (Å²) >= 11 is 0. The molecule has 1 aromatic rings. The minimum Gasteiger partial charge on any atom is -0.496 e. The highest BCUT2D eigenvalue weighted by Crippen LogP contribution is 2.22. The molecule has 0 spiro atoms. The number of hydrogen-bond acceptors (Lipinski definition) is 4. The minimum absolute atomic E-state index is 0.0182. The Labute approximate surface area is 113 Å². The molecular formula is C12H18N2O4S. The van der Waals surface area contributed by atoms with E-state index in [-0.39, 0.29) is 16.5 Å². The highest BCUT2D eigenvalue weighted by Gasteiger charge is 2.18. The Kier molecular flexibility index (Phi) is 4.90. The van der Waals surface area contributed by atoms with Crippen molar-refractivity contribution in [2.45, 2.75) is 31.2 Å². The van der Waals surface area contributed by atoms with Crippen LogP contribution in [0.4, 0.5) is 0 Å². The summed E-state index contributed by atoms with van der Waals surface area (Å²) < 4.78 is 27.6. The molecule has 0 radical (unpaired) electrons. The second-order valence-corrected chi connectivity index (χ2v) is 5.75. The van der Waals surface area contributed by atoms with Gasteiger partial charge in [-0.25, -0.2) is 13.6 Å². The van der Waals surface area contributed by atoms with Gasteiger partial charge in [0.05, 0.1) is 17.6 Å². The van der Waals surface area contributed by atoms with Gasteiger partial charge in [-0.05, 0) is 31.5 Å². The quantitative estimate of drug-likeness (QED) is 0.839. The maximum atomic E-state index is 12.0. The zero-order chi connectivity index (χ0) is 14.6. The van der Waals surface area contributed by atoms with E-state index in [0.717, 1.165) is 6.42 Å². The molecule has 0 saturated carbocycles. The number of carbonyl (C=O) groups is 1. The van der Waals surface area contributed by atoms with E-state index in [2.05, 4.69) is 5.32 Å². The van der Waals surface area contributed by atoms with Crippen LogP contribution in [-0.2, 0) is 10.0 Å². The number of sulfonamides is 1. The van der Waals surface area contributed by atoms with Gasteiger partial charge in [0.2, 0.25) is 10.0 Å². The number of hydrogen-bond donors (Lipinski definition) is 2. The molecule has 1 amide bonds. The molecule has 0 unspecified atom stereocenters. The average molecular weight is 286 g/mol. The highest BCUT2D eigenvalue weighted by molar-refractivity contribution is 7.89. The second kappa shape index (κ2) is 6.03. The number of nitrogens with two attached hydrogens (primary N) is 1. The largest absolute Gasteiger partial charge is 0.496 e. The zero-order valence-electron chi connectivity index (χ0n) is 11.1. The third-order valence-corrected chi connectivity index (χ3v) is 3.64. The fourth-order valence-electron chi connectivity index (χ4n) is 1.45. The third kappa shape index (κ3) is 3.93. The molecule has 3 N–H and O–H groups in total. The van der Waals surface area contributed by atoms with Crippen LogP contribution in [-0.4, -0.2) is 27.5 Å². The molecule has 19 heavy (non-hydrogen) atoms. The smallest absolute Gasteiger partial charge is 0.255 e. The highest BCUT2D eigenvalue weighted by atomic mass is 32.2. The van der Waals surface area contributed by atoms with Crippen LogP contribution in [0.25, 0.3) is 0 Å². The molecule has 0 aromatic heterocycles. The number of amides is 1. The lowest BCUT2D eigenvalue weighted by atomic mass is 10.1. The van der Waals surface area contributed by atoms with Gasteiger partial charge in [0.25, 0.3) is 5.91 Å². The monoisotopic (exact) mass is 286 g/mol. The second-order valence-electron chi connectivity index (χ2n) is 4.19. The van der Waals surface area contributed by atoms with Crippen molar-refractivity contribution in [3.8, 4) is 5.75 Å². The van der Waals surface area contributed by atoms with Crippen LogP contribution in [0, 0.1) is 0 Å². The topological polar surface area (TPSA) is 98.5 Å². The molecule has 0 aliphatic carbocycles. The fraction of sp³-hybridized carbons (Fsp3) is 0.417.